The van der Waals surface area contributed by atoms with Gasteiger partial charge in [0, 0.05) is 24.8 Å². The van der Waals surface area contributed by atoms with Crippen LogP contribution < -0.4 is 10.2 Å². The minimum absolute atomic E-state index is 0.0653. The molecule has 1 heterocycles. The Hall–Kier alpha value is -2.39. The fourth-order valence-corrected chi connectivity index (χ4v) is 2.94. The molecule has 1 aliphatic rings. The molecule has 1 amide bonds. The van der Waals surface area contributed by atoms with Crippen LogP contribution in [0.1, 0.15) is 25.8 Å². The minimum Gasteiger partial charge on any atom is -0.310 e. The molecule has 0 saturated heterocycles. The second-order valence-electron chi connectivity index (χ2n) is 6.42. The van der Waals surface area contributed by atoms with Gasteiger partial charge in [-0.2, -0.15) is 0 Å². The van der Waals surface area contributed by atoms with E-state index in [4.69, 9.17) is 0 Å². The van der Waals surface area contributed by atoms with Crippen molar-refractivity contribution >= 4 is 11.6 Å². The van der Waals surface area contributed by atoms with Gasteiger partial charge in [-0.05, 0) is 41.3 Å². The quantitative estimate of drug-likeness (QED) is 0.898. The summed E-state index contributed by atoms with van der Waals surface area (Å²) in [5, 5.41) is 3.48. The smallest absolute Gasteiger partial charge is 0.250 e. The van der Waals surface area contributed by atoms with Crippen molar-refractivity contribution < 1.29 is 4.79 Å². The van der Waals surface area contributed by atoms with Gasteiger partial charge in [0.1, 0.15) is 0 Å². The molecule has 1 N–H and O–H groups in total. The normalized spacial score (nSPS) is 14.5. The second-order valence-corrected chi connectivity index (χ2v) is 6.42. The van der Waals surface area contributed by atoms with Crippen molar-refractivity contribution in [2.45, 2.75) is 32.9 Å². The zero-order valence-corrected chi connectivity index (χ0v) is 14.3. The predicted molar refractivity (Wildman–Crippen MR) is 100.0 cm³/mol. The zero-order valence-electron chi connectivity index (χ0n) is 14.3. The summed E-state index contributed by atoms with van der Waals surface area (Å²) in [5.41, 5.74) is 4.67. The van der Waals surface area contributed by atoms with Crippen molar-refractivity contribution in [2.75, 3.05) is 11.4 Å². The van der Waals surface area contributed by atoms with Crippen LogP contribution in [0.5, 0.6) is 0 Å². The van der Waals surface area contributed by atoms with Crippen LogP contribution in [0.3, 0.4) is 0 Å². The van der Waals surface area contributed by atoms with E-state index in [9.17, 15) is 4.79 Å². The molecule has 3 nitrogen and oxygen atoms in total. The Labute approximate surface area is 144 Å². The molecule has 0 saturated carbocycles. The van der Waals surface area contributed by atoms with E-state index in [0.717, 1.165) is 25.2 Å². The average Bonchev–Trinajstić information content (AvgIpc) is 2.61. The lowest BCUT2D eigenvalue weighted by Crippen LogP contribution is -2.32. The van der Waals surface area contributed by atoms with Crippen molar-refractivity contribution in [1.29, 1.82) is 0 Å². The Morgan fingerprint density at radius 1 is 1.08 bits per heavy atom. The molecular weight excluding hydrogens is 296 g/mol. The lowest BCUT2D eigenvalue weighted by atomic mass is 9.99. The molecule has 3 rings (SSSR count). The van der Waals surface area contributed by atoms with Crippen molar-refractivity contribution in [3.05, 3.63) is 66.2 Å². The molecule has 2 aromatic rings. The summed E-state index contributed by atoms with van der Waals surface area (Å²) < 4.78 is 0. The molecule has 0 bridgehead atoms. The van der Waals surface area contributed by atoms with Crippen LogP contribution in [0.2, 0.25) is 0 Å². The molecule has 1 aliphatic heterocycles. The zero-order chi connectivity index (χ0) is 16.9. The van der Waals surface area contributed by atoms with Crippen molar-refractivity contribution in [1.82, 2.24) is 5.32 Å². The van der Waals surface area contributed by atoms with Gasteiger partial charge < -0.3 is 10.2 Å². The molecule has 124 valence electrons. The van der Waals surface area contributed by atoms with Gasteiger partial charge in [0.25, 0.3) is 5.91 Å². The highest BCUT2D eigenvalue weighted by molar-refractivity contribution is 6.02. The molecule has 24 heavy (non-hydrogen) atoms. The Morgan fingerprint density at radius 3 is 2.54 bits per heavy atom. The molecule has 0 aliphatic carbocycles. The lowest BCUT2D eigenvalue weighted by Gasteiger charge is -2.23. The van der Waals surface area contributed by atoms with Crippen LogP contribution in [-0.4, -0.2) is 18.5 Å². The summed E-state index contributed by atoms with van der Waals surface area (Å²) in [5.74, 6) is 0.0653. The monoisotopic (exact) mass is 320 g/mol. The minimum atomic E-state index is 0.0653. The summed E-state index contributed by atoms with van der Waals surface area (Å²) in [6, 6.07) is 17.2. The Bertz CT molecular complexity index is 732. The molecule has 3 heteroatoms. The highest BCUT2D eigenvalue weighted by atomic mass is 16.2. The van der Waals surface area contributed by atoms with Gasteiger partial charge >= 0.3 is 0 Å². The molecule has 0 radical (unpaired) electrons. The van der Waals surface area contributed by atoms with Gasteiger partial charge in [-0.3, -0.25) is 4.79 Å². The largest absolute Gasteiger partial charge is 0.310 e. The van der Waals surface area contributed by atoms with E-state index in [2.05, 4.69) is 55.6 Å². The first-order valence-corrected chi connectivity index (χ1v) is 8.55. The van der Waals surface area contributed by atoms with Crippen LogP contribution in [0.4, 0.5) is 5.69 Å². The topological polar surface area (TPSA) is 32.3 Å². The Morgan fingerprint density at radius 2 is 1.83 bits per heavy atom. The Balaban J connectivity index is 1.83. The number of rotatable bonds is 5. The van der Waals surface area contributed by atoms with Crippen LogP contribution in [0, 0.1) is 0 Å². The van der Waals surface area contributed by atoms with Gasteiger partial charge in [-0.1, -0.05) is 56.3 Å². The first kappa shape index (κ1) is 16.5. The van der Waals surface area contributed by atoms with E-state index < -0.39 is 0 Å². The highest BCUT2D eigenvalue weighted by Gasteiger charge is 2.15. The number of carbonyl (C=O) groups excluding carboxylic acids is 1. The fraction of sp³-hybridized carbons (Fsp3) is 0.286. The van der Waals surface area contributed by atoms with E-state index >= 15 is 0 Å². The van der Waals surface area contributed by atoms with E-state index in [0.29, 0.717) is 6.04 Å². The molecule has 0 aromatic heterocycles. The number of hydrogen-bond acceptors (Lipinski definition) is 2. The van der Waals surface area contributed by atoms with E-state index in [-0.39, 0.29) is 5.91 Å². The number of carbonyl (C=O) groups is 1. The van der Waals surface area contributed by atoms with E-state index in [1.54, 1.807) is 6.08 Å². The third kappa shape index (κ3) is 3.74. The molecule has 0 unspecified atom stereocenters. The SMILES string of the molecule is CC(C)NCc1ccccc1-c1ccc(N2CCC=CC2=O)cc1. The molecule has 0 fully saturated rings. The van der Waals surface area contributed by atoms with Gasteiger partial charge in [0.05, 0.1) is 0 Å². The molecular formula is C21H24N2O. The number of nitrogens with zero attached hydrogens (tertiary/aromatic N) is 1. The lowest BCUT2D eigenvalue weighted by molar-refractivity contribution is -0.114. The highest BCUT2D eigenvalue weighted by Crippen LogP contribution is 2.27. The number of anilines is 1. The molecule has 2 aromatic carbocycles. The molecule has 0 spiro atoms. The summed E-state index contributed by atoms with van der Waals surface area (Å²) >= 11 is 0. The summed E-state index contributed by atoms with van der Waals surface area (Å²) in [7, 11) is 0. The van der Waals surface area contributed by atoms with Gasteiger partial charge in [0.15, 0.2) is 0 Å². The van der Waals surface area contributed by atoms with Crippen LogP contribution in [-0.2, 0) is 11.3 Å². The first-order chi connectivity index (χ1) is 11.6. The third-order valence-electron chi connectivity index (χ3n) is 4.25. The number of benzene rings is 2. The summed E-state index contributed by atoms with van der Waals surface area (Å²) in [6.45, 7) is 5.91. The van der Waals surface area contributed by atoms with Crippen LogP contribution in [0.25, 0.3) is 11.1 Å². The van der Waals surface area contributed by atoms with Crippen LogP contribution in [0.15, 0.2) is 60.7 Å². The average molecular weight is 320 g/mol. The summed E-state index contributed by atoms with van der Waals surface area (Å²) in [4.78, 5) is 13.8. The van der Waals surface area contributed by atoms with E-state index in [1.807, 2.05) is 23.1 Å². The second kappa shape index (κ2) is 7.45. The maximum Gasteiger partial charge on any atom is 0.250 e. The van der Waals surface area contributed by atoms with Gasteiger partial charge in [-0.25, -0.2) is 0 Å². The van der Waals surface area contributed by atoms with Gasteiger partial charge in [0.2, 0.25) is 0 Å². The van der Waals surface area contributed by atoms with Gasteiger partial charge in [-0.15, -0.1) is 0 Å². The maximum atomic E-state index is 12.0. The van der Waals surface area contributed by atoms with Crippen LogP contribution >= 0.6 is 0 Å². The third-order valence-corrected chi connectivity index (χ3v) is 4.25. The standard InChI is InChI=1S/C21H24N2O/c1-16(2)22-15-18-7-3-4-8-20(18)17-10-12-19(13-11-17)23-14-6-5-9-21(23)24/h3-5,7-13,16,22H,6,14-15H2,1-2H3. The van der Waals surface area contributed by atoms with Crippen molar-refractivity contribution in [2.24, 2.45) is 0 Å². The first-order valence-electron chi connectivity index (χ1n) is 8.55. The number of nitrogens with one attached hydrogen (secondary N) is 1. The van der Waals surface area contributed by atoms with Crippen molar-refractivity contribution in [3.8, 4) is 11.1 Å². The number of hydrogen-bond donors (Lipinski definition) is 1. The predicted octanol–water partition coefficient (Wildman–Crippen LogP) is 4.14. The molecule has 0 atom stereocenters. The Kier molecular flexibility index (Phi) is 5.11. The van der Waals surface area contributed by atoms with E-state index in [1.165, 1.54) is 16.7 Å². The fourth-order valence-electron chi connectivity index (χ4n) is 2.94. The number of amides is 1. The van der Waals surface area contributed by atoms with Crippen molar-refractivity contribution in [3.63, 3.8) is 0 Å². The maximum absolute atomic E-state index is 12.0. The summed E-state index contributed by atoms with van der Waals surface area (Å²) in [6.07, 6.45) is 4.51.